The molecule has 7 nitrogen and oxygen atoms in total. The number of nitrogen functional groups attached to an aromatic ring is 1. The number of piperazine rings is 1. The van der Waals surface area contributed by atoms with E-state index in [1.807, 2.05) is 0 Å². The Kier molecular flexibility index (Phi) is 4.56. The highest BCUT2D eigenvalue weighted by atomic mass is 32.1. The maximum Gasteiger partial charge on any atom is 0.265 e. The third-order valence-electron chi connectivity index (χ3n) is 3.05. The lowest BCUT2D eigenvalue weighted by Gasteiger charge is -2.31. The van der Waals surface area contributed by atoms with E-state index in [2.05, 4.69) is 27.1 Å². The number of rotatable bonds is 4. The van der Waals surface area contributed by atoms with Gasteiger partial charge in [0.15, 0.2) is 5.13 Å². The first-order chi connectivity index (χ1) is 9.11. The molecule has 1 fully saturated rings. The van der Waals surface area contributed by atoms with Crippen LogP contribution in [0.3, 0.4) is 0 Å². The second-order valence-corrected chi connectivity index (χ2v) is 5.52. The molecule has 106 valence electrons. The lowest BCUT2D eigenvalue weighted by atomic mass is 10.3. The normalized spacial score (nSPS) is 16.6. The molecule has 0 saturated carbocycles. The Morgan fingerprint density at radius 3 is 2.74 bits per heavy atom. The first-order valence-electron chi connectivity index (χ1n) is 6.30. The quantitative estimate of drug-likeness (QED) is 0.667. The maximum absolute atomic E-state index is 11.9. The Balaban J connectivity index is 2.05. The van der Waals surface area contributed by atoms with E-state index in [-0.39, 0.29) is 5.91 Å². The van der Waals surface area contributed by atoms with Gasteiger partial charge in [-0.05, 0) is 7.05 Å². The van der Waals surface area contributed by atoms with Crippen molar-refractivity contribution < 1.29 is 4.79 Å². The number of hydrogen-bond donors (Lipinski definition) is 3. The summed E-state index contributed by atoms with van der Waals surface area (Å²) in [7, 11) is 2.10. The van der Waals surface area contributed by atoms with Gasteiger partial charge in [0.25, 0.3) is 5.91 Å². The van der Waals surface area contributed by atoms with Crippen molar-refractivity contribution in [3.05, 3.63) is 4.88 Å². The highest BCUT2D eigenvalue weighted by Crippen LogP contribution is 2.28. The lowest BCUT2D eigenvalue weighted by Crippen LogP contribution is -2.44. The number of thiazole rings is 1. The number of carbonyl (C=O) groups excluding carboxylic acids is 1. The Labute approximate surface area is 116 Å². The molecule has 0 spiro atoms. The summed E-state index contributed by atoms with van der Waals surface area (Å²) < 4.78 is 0. The average Bonchev–Trinajstić information content (AvgIpc) is 2.79. The highest BCUT2D eigenvalue weighted by Gasteiger charge is 2.21. The molecule has 1 aromatic heterocycles. The molecule has 2 rings (SSSR count). The minimum absolute atomic E-state index is 0.194. The molecular formula is C11H20N6OS. The van der Waals surface area contributed by atoms with Gasteiger partial charge >= 0.3 is 0 Å². The van der Waals surface area contributed by atoms with Crippen LogP contribution in [0.2, 0.25) is 0 Å². The van der Waals surface area contributed by atoms with Crippen LogP contribution in [-0.4, -0.2) is 62.1 Å². The van der Waals surface area contributed by atoms with Gasteiger partial charge in [0.2, 0.25) is 0 Å². The SMILES string of the molecule is CN1CCN(c2nc(N)c(C(=O)NCCN)s2)CC1. The van der Waals surface area contributed by atoms with Crippen molar-refractivity contribution in [3.63, 3.8) is 0 Å². The van der Waals surface area contributed by atoms with Crippen LogP contribution in [0.25, 0.3) is 0 Å². The van der Waals surface area contributed by atoms with Crippen molar-refractivity contribution in [2.75, 3.05) is 56.9 Å². The van der Waals surface area contributed by atoms with Crippen LogP contribution in [-0.2, 0) is 0 Å². The van der Waals surface area contributed by atoms with E-state index < -0.39 is 0 Å². The molecule has 0 aliphatic carbocycles. The lowest BCUT2D eigenvalue weighted by molar-refractivity contribution is 0.0959. The monoisotopic (exact) mass is 284 g/mol. The molecule has 8 heteroatoms. The van der Waals surface area contributed by atoms with E-state index in [1.54, 1.807) is 0 Å². The first kappa shape index (κ1) is 14.0. The molecule has 0 bridgehead atoms. The van der Waals surface area contributed by atoms with Crippen molar-refractivity contribution in [2.24, 2.45) is 5.73 Å². The second kappa shape index (κ2) is 6.18. The smallest absolute Gasteiger partial charge is 0.265 e. The Morgan fingerprint density at radius 1 is 1.42 bits per heavy atom. The summed E-state index contributed by atoms with van der Waals surface area (Å²) in [5.41, 5.74) is 11.2. The number of likely N-dealkylation sites (N-methyl/N-ethyl adjacent to an activating group) is 1. The van der Waals surface area contributed by atoms with Gasteiger partial charge in [0.05, 0.1) is 0 Å². The van der Waals surface area contributed by atoms with Crippen molar-refractivity contribution in [2.45, 2.75) is 0 Å². The highest BCUT2D eigenvalue weighted by molar-refractivity contribution is 7.18. The topological polar surface area (TPSA) is 101 Å². The van der Waals surface area contributed by atoms with Crippen molar-refractivity contribution in [1.29, 1.82) is 0 Å². The van der Waals surface area contributed by atoms with Crippen LogP contribution >= 0.6 is 11.3 Å². The van der Waals surface area contributed by atoms with Gasteiger partial charge in [-0.25, -0.2) is 4.98 Å². The minimum Gasteiger partial charge on any atom is -0.382 e. The predicted octanol–water partition coefficient (Wildman–Crippen LogP) is -0.834. The van der Waals surface area contributed by atoms with E-state index in [0.717, 1.165) is 31.3 Å². The van der Waals surface area contributed by atoms with E-state index in [1.165, 1.54) is 11.3 Å². The van der Waals surface area contributed by atoms with Gasteiger partial charge in [-0.15, -0.1) is 0 Å². The summed E-state index contributed by atoms with van der Waals surface area (Å²) in [6.07, 6.45) is 0. The maximum atomic E-state index is 11.9. The Bertz CT molecular complexity index is 440. The average molecular weight is 284 g/mol. The zero-order chi connectivity index (χ0) is 13.8. The Morgan fingerprint density at radius 2 is 2.11 bits per heavy atom. The third kappa shape index (κ3) is 3.34. The van der Waals surface area contributed by atoms with Crippen LogP contribution < -0.4 is 21.7 Å². The molecule has 2 heterocycles. The van der Waals surface area contributed by atoms with Crippen molar-refractivity contribution in [1.82, 2.24) is 15.2 Å². The summed E-state index contributed by atoms with van der Waals surface area (Å²) in [4.78, 5) is 21.1. The molecule has 5 N–H and O–H groups in total. The van der Waals surface area contributed by atoms with E-state index >= 15 is 0 Å². The van der Waals surface area contributed by atoms with Crippen molar-refractivity contribution >= 4 is 28.2 Å². The number of aromatic nitrogens is 1. The Hall–Kier alpha value is -1.38. The van der Waals surface area contributed by atoms with Crippen LogP contribution in [0.5, 0.6) is 0 Å². The van der Waals surface area contributed by atoms with Gasteiger partial charge < -0.3 is 26.6 Å². The van der Waals surface area contributed by atoms with Crippen LogP contribution in [0.4, 0.5) is 10.9 Å². The first-order valence-corrected chi connectivity index (χ1v) is 7.11. The number of anilines is 2. The van der Waals surface area contributed by atoms with Crippen LogP contribution in [0.15, 0.2) is 0 Å². The molecule has 0 atom stereocenters. The molecule has 1 aliphatic rings. The summed E-state index contributed by atoms with van der Waals surface area (Å²) in [6.45, 7) is 4.67. The molecule has 0 unspecified atom stereocenters. The summed E-state index contributed by atoms with van der Waals surface area (Å²) in [5, 5.41) is 3.54. The number of nitrogens with two attached hydrogens (primary N) is 2. The fourth-order valence-electron chi connectivity index (χ4n) is 1.88. The number of hydrogen-bond acceptors (Lipinski definition) is 7. The minimum atomic E-state index is -0.194. The van der Waals surface area contributed by atoms with Crippen LogP contribution in [0.1, 0.15) is 9.67 Å². The third-order valence-corrected chi connectivity index (χ3v) is 4.18. The molecule has 1 aliphatic heterocycles. The zero-order valence-corrected chi connectivity index (χ0v) is 11.9. The van der Waals surface area contributed by atoms with E-state index in [0.29, 0.717) is 23.8 Å². The molecule has 1 amide bonds. The molecule has 0 radical (unpaired) electrons. The van der Waals surface area contributed by atoms with Gasteiger partial charge in [-0.3, -0.25) is 4.79 Å². The molecular weight excluding hydrogens is 264 g/mol. The van der Waals surface area contributed by atoms with E-state index in [4.69, 9.17) is 11.5 Å². The fourth-order valence-corrected chi connectivity index (χ4v) is 2.84. The number of carbonyl (C=O) groups is 1. The zero-order valence-electron chi connectivity index (χ0n) is 11.1. The van der Waals surface area contributed by atoms with Gasteiger partial charge in [0, 0.05) is 39.3 Å². The number of amides is 1. The van der Waals surface area contributed by atoms with Crippen molar-refractivity contribution in [3.8, 4) is 0 Å². The van der Waals surface area contributed by atoms with Gasteiger partial charge in [-0.1, -0.05) is 11.3 Å². The summed E-state index contributed by atoms with van der Waals surface area (Å²) in [6, 6.07) is 0. The van der Waals surface area contributed by atoms with Gasteiger partial charge in [-0.2, -0.15) is 0 Å². The summed E-state index contributed by atoms with van der Waals surface area (Å²) >= 11 is 1.34. The number of nitrogens with one attached hydrogen (secondary N) is 1. The molecule has 1 saturated heterocycles. The largest absolute Gasteiger partial charge is 0.382 e. The second-order valence-electron chi connectivity index (χ2n) is 4.55. The molecule has 19 heavy (non-hydrogen) atoms. The molecule has 1 aromatic rings. The van der Waals surface area contributed by atoms with Crippen LogP contribution in [0, 0.1) is 0 Å². The van der Waals surface area contributed by atoms with E-state index in [9.17, 15) is 4.79 Å². The molecule has 0 aromatic carbocycles. The summed E-state index contributed by atoms with van der Waals surface area (Å²) in [5.74, 6) is 0.106. The number of nitrogens with zero attached hydrogens (tertiary/aromatic N) is 3. The fraction of sp³-hybridized carbons (Fsp3) is 0.636. The predicted molar refractivity (Wildman–Crippen MR) is 77.6 cm³/mol. The van der Waals surface area contributed by atoms with Gasteiger partial charge in [0.1, 0.15) is 10.7 Å². The standard InChI is InChI=1S/C11H20N6OS/c1-16-4-6-17(7-5-16)11-15-9(13)8(19-11)10(18)14-3-2-12/h2-7,12-13H2,1H3,(H,14,18).